The van der Waals surface area contributed by atoms with Crippen molar-refractivity contribution >= 4 is 11.7 Å². The first kappa shape index (κ1) is 26.8. The molecule has 1 amide bonds. The molecule has 212 valence electrons. The molecule has 6 rings (SSSR count). The third-order valence-corrected chi connectivity index (χ3v) is 7.19. The monoisotopic (exact) mass is 561 g/mol. The number of piperazine rings is 1. The van der Waals surface area contributed by atoms with Gasteiger partial charge in [-0.2, -0.15) is 0 Å². The number of hydrogen-bond acceptors (Lipinski definition) is 8. The van der Waals surface area contributed by atoms with E-state index in [1.807, 2.05) is 6.07 Å². The molecule has 2 fully saturated rings. The molecule has 0 aliphatic carbocycles. The van der Waals surface area contributed by atoms with Crippen molar-refractivity contribution in [3.63, 3.8) is 0 Å². The molecule has 0 unspecified atom stereocenters. The molecule has 2 aromatic carbocycles. The van der Waals surface area contributed by atoms with Crippen molar-refractivity contribution in [1.29, 1.82) is 0 Å². The molecule has 41 heavy (non-hydrogen) atoms. The van der Waals surface area contributed by atoms with E-state index in [2.05, 4.69) is 25.0 Å². The van der Waals surface area contributed by atoms with Crippen LogP contribution in [0, 0.1) is 11.6 Å². The number of aromatic nitrogens is 5. The molecule has 0 N–H and O–H groups in total. The Morgan fingerprint density at radius 1 is 0.951 bits per heavy atom. The van der Waals surface area contributed by atoms with Crippen LogP contribution in [0.4, 0.5) is 14.6 Å². The highest BCUT2D eigenvalue weighted by Crippen LogP contribution is 2.24. The molecule has 10 nitrogen and oxygen atoms in total. The van der Waals surface area contributed by atoms with E-state index >= 15 is 0 Å². The maximum atomic E-state index is 13.6. The third kappa shape index (κ3) is 6.32. The van der Waals surface area contributed by atoms with Crippen LogP contribution in [0.15, 0.2) is 60.9 Å². The lowest BCUT2D eigenvalue weighted by Crippen LogP contribution is -2.50. The quantitative estimate of drug-likeness (QED) is 0.322. The Labute approximate surface area is 235 Å². The van der Waals surface area contributed by atoms with Crippen molar-refractivity contribution in [2.24, 2.45) is 0 Å². The first-order valence-corrected chi connectivity index (χ1v) is 13.6. The Morgan fingerprint density at radius 3 is 2.34 bits per heavy atom. The zero-order chi connectivity index (χ0) is 28.2. The fourth-order valence-electron chi connectivity index (χ4n) is 4.94. The van der Waals surface area contributed by atoms with Gasteiger partial charge < -0.3 is 19.3 Å². The SMILES string of the molecule is O=C(Cn1nc(-c2ccc(F)cc2)nc1-c1ccc(F)cc1)N1CCN(c2cc(OC[C@H]3CCCO3)ncn2)CC1. The molecule has 4 aromatic rings. The molecule has 0 spiro atoms. The van der Waals surface area contributed by atoms with Gasteiger partial charge in [0.2, 0.25) is 11.8 Å². The Morgan fingerprint density at radius 2 is 1.66 bits per heavy atom. The summed E-state index contributed by atoms with van der Waals surface area (Å²) in [7, 11) is 0. The van der Waals surface area contributed by atoms with Gasteiger partial charge >= 0.3 is 0 Å². The Kier molecular flexibility index (Phi) is 7.81. The number of ether oxygens (including phenoxy) is 2. The van der Waals surface area contributed by atoms with Crippen LogP contribution in [-0.4, -0.2) is 81.0 Å². The summed E-state index contributed by atoms with van der Waals surface area (Å²) in [5.74, 6) is 1.15. The predicted octanol–water partition coefficient (Wildman–Crippen LogP) is 3.59. The number of anilines is 1. The molecular formula is C29H29F2N7O3. The van der Waals surface area contributed by atoms with Crippen LogP contribution < -0.4 is 9.64 Å². The summed E-state index contributed by atoms with van der Waals surface area (Å²) in [6, 6.07) is 13.5. The van der Waals surface area contributed by atoms with Gasteiger partial charge in [-0.25, -0.2) is 28.4 Å². The molecule has 2 saturated heterocycles. The first-order valence-electron chi connectivity index (χ1n) is 13.6. The molecule has 0 saturated carbocycles. The lowest BCUT2D eigenvalue weighted by Gasteiger charge is -2.35. The van der Waals surface area contributed by atoms with Gasteiger partial charge in [0.15, 0.2) is 11.6 Å². The minimum Gasteiger partial charge on any atom is -0.475 e. The van der Waals surface area contributed by atoms with E-state index in [0.717, 1.165) is 25.3 Å². The normalized spacial score (nSPS) is 17.2. The van der Waals surface area contributed by atoms with E-state index in [1.54, 1.807) is 29.2 Å². The molecular weight excluding hydrogens is 532 g/mol. The van der Waals surface area contributed by atoms with E-state index in [-0.39, 0.29) is 30.2 Å². The summed E-state index contributed by atoms with van der Waals surface area (Å²) in [5.41, 5.74) is 1.23. The fraction of sp³-hybridized carbons (Fsp3) is 0.345. The third-order valence-electron chi connectivity index (χ3n) is 7.19. The van der Waals surface area contributed by atoms with Gasteiger partial charge in [0.1, 0.15) is 36.9 Å². The number of rotatable bonds is 8. The minimum absolute atomic E-state index is 0.0460. The molecule has 0 radical (unpaired) electrons. The number of nitrogens with zero attached hydrogens (tertiary/aromatic N) is 7. The maximum Gasteiger partial charge on any atom is 0.244 e. The van der Waals surface area contributed by atoms with E-state index in [0.29, 0.717) is 61.4 Å². The summed E-state index contributed by atoms with van der Waals surface area (Å²) in [5, 5.41) is 4.55. The second kappa shape index (κ2) is 12.0. The van der Waals surface area contributed by atoms with E-state index in [1.165, 1.54) is 35.3 Å². The van der Waals surface area contributed by atoms with Gasteiger partial charge in [-0.1, -0.05) is 0 Å². The maximum absolute atomic E-state index is 13.6. The molecule has 2 aliphatic heterocycles. The Hall–Kier alpha value is -4.45. The van der Waals surface area contributed by atoms with E-state index < -0.39 is 0 Å². The van der Waals surface area contributed by atoms with Gasteiger partial charge in [-0.3, -0.25) is 4.79 Å². The summed E-state index contributed by atoms with van der Waals surface area (Å²) < 4.78 is 40.0. The lowest BCUT2D eigenvalue weighted by atomic mass is 10.2. The number of benzene rings is 2. The second-order valence-corrected chi connectivity index (χ2v) is 9.96. The summed E-state index contributed by atoms with van der Waals surface area (Å²) in [6.45, 7) is 3.37. The highest BCUT2D eigenvalue weighted by Gasteiger charge is 2.25. The predicted molar refractivity (Wildman–Crippen MR) is 146 cm³/mol. The number of halogens is 2. The summed E-state index contributed by atoms with van der Waals surface area (Å²) in [6.07, 6.45) is 3.62. The van der Waals surface area contributed by atoms with Crippen LogP contribution >= 0.6 is 0 Å². The second-order valence-electron chi connectivity index (χ2n) is 9.96. The standard InChI is InChI=1S/C29H29F2N7O3/c30-22-7-3-20(4-8-22)28-34-29(21-5-9-23(31)10-6-21)38(35-28)17-27(39)37-13-11-36(12-14-37)25-16-26(33-19-32-25)41-18-24-2-1-15-40-24/h3-10,16,19,24H,1-2,11-15,17-18H2/t24-/m1/s1. The van der Waals surface area contributed by atoms with E-state index in [4.69, 9.17) is 9.47 Å². The van der Waals surface area contributed by atoms with Gasteiger partial charge in [0.05, 0.1) is 6.10 Å². The molecule has 0 bridgehead atoms. The van der Waals surface area contributed by atoms with Crippen LogP contribution in [-0.2, 0) is 16.1 Å². The van der Waals surface area contributed by atoms with Crippen LogP contribution in [0.1, 0.15) is 12.8 Å². The molecule has 1 atom stereocenters. The van der Waals surface area contributed by atoms with Crippen LogP contribution in [0.25, 0.3) is 22.8 Å². The average molecular weight is 562 g/mol. The topological polar surface area (TPSA) is 98.5 Å². The molecule has 12 heteroatoms. The first-order chi connectivity index (χ1) is 20.0. The Bertz CT molecular complexity index is 1480. The van der Waals surface area contributed by atoms with Crippen LogP contribution in [0.3, 0.4) is 0 Å². The number of carbonyl (C=O) groups excluding carboxylic acids is 1. The van der Waals surface area contributed by atoms with Gasteiger partial charge in [0.25, 0.3) is 0 Å². The van der Waals surface area contributed by atoms with Crippen molar-refractivity contribution < 1.29 is 23.0 Å². The number of carbonyl (C=O) groups is 1. The highest BCUT2D eigenvalue weighted by atomic mass is 19.1. The summed E-state index contributed by atoms with van der Waals surface area (Å²) in [4.78, 5) is 30.4. The summed E-state index contributed by atoms with van der Waals surface area (Å²) >= 11 is 0. The van der Waals surface area contributed by atoms with Crippen molar-refractivity contribution in [2.45, 2.75) is 25.5 Å². The molecule has 2 aliphatic rings. The lowest BCUT2D eigenvalue weighted by molar-refractivity contribution is -0.132. The van der Waals surface area contributed by atoms with Crippen molar-refractivity contribution in [3.8, 4) is 28.7 Å². The van der Waals surface area contributed by atoms with Gasteiger partial charge in [0, 0.05) is 50.0 Å². The number of amides is 1. The minimum atomic E-state index is -0.377. The Balaban J connectivity index is 1.12. The van der Waals surface area contributed by atoms with Crippen molar-refractivity contribution in [2.75, 3.05) is 44.3 Å². The van der Waals surface area contributed by atoms with Crippen LogP contribution in [0.2, 0.25) is 0 Å². The molecule has 2 aromatic heterocycles. The van der Waals surface area contributed by atoms with Gasteiger partial charge in [-0.05, 0) is 61.4 Å². The van der Waals surface area contributed by atoms with E-state index in [9.17, 15) is 13.6 Å². The average Bonchev–Trinajstić information content (AvgIpc) is 3.68. The smallest absolute Gasteiger partial charge is 0.244 e. The zero-order valence-electron chi connectivity index (χ0n) is 22.3. The zero-order valence-corrected chi connectivity index (χ0v) is 22.3. The highest BCUT2D eigenvalue weighted by molar-refractivity contribution is 5.77. The number of hydrogen-bond donors (Lipinski definition) is 0. The fourth-order valence-corrected chi connectivity index (χ4v) is 4.94. The van der Waals surface area contributed by atoms with Crippen molar-refractivity contribution in [1.82, 2.24) is 29.6 Å². The largest absolute Gasteiger partial charge is 0.475 e. The van der Waals surface area contributed by atoms with Gasteiger partial charge in [-0.15, -0.1) is 5.10 Å². The van der Waals surface area contributed by atoms with Crippen molar-refractivity contribution in [3.05, 3.63) is 72.6 Å². The van der Waals surface area contributed by atoms with Crippen LogP contribution in [0.5, 0.6) is 5.88 Å². The molecule has 4 heterocycles.